The Hall–Kier alpha value is -6.10. The van der Waals surface area contributed by atoms with Crippen molar-refractivity contribution >= 4 is 46.6 Å². The number of carbonyl (C=O) groups is 3. The van der Waals surface area contributed by atoms with Crippen molar-refractivity contribution < 1.29 is 33.3 Å². The number of rotatable bonds is 10. The first-order valence-corrected chi connectivity index (χ1v) is 17.8. The lowest BCUT2D eigenvalue weighted by atomic mass is 10.1. The summed E-state index contributed by atoms with van der Waals surface area (Å²) in [7, 11) is 3.04. The van der Waals surface area contributed by atoms with E-state index in [1.54, 1.807) is 35.4 Å². The predicted molar refractivity (Wildman–Crippen MR) is 203 cm³/mol. The van der Waals surface area contributed by atoms with Crippen molar-refractivity contribution in [1.29, 1.82) is 0 Å². The monoisotopic (exact) mass is 712 g/mol. The van der Waals surface area contributed by atoms with E-state index in [9.17, 15) is 14.4 Å². The maximum Gasteiger partial charge on any atom is 0.261 e. The Labute approximate surface area is 307 Å². The smallest absolute Gasteiger partial charge is 0.261 e. The molecule has 0 bridgehead atoms. The number of nitrogens with zero attached hydrogens (tertiary/aromatic N) is 3. The Balaban J connectivity index is 1.03. The Kier molecular flexibility index (Phi) is 8.85. The maximum atomic E-state index is 13.9. The highest BCUT2D eigenvalue weighted by atomic mass is 16.5. The molecule has 0 unspecified atom stereocenters. The van der Waals surface area contributed by atoms with Gasteiger partial charge in [0.25, 0.3) is 11.8 Å². The summed E-state index contributed by atoms with van der Waals surface area (Å²) in [5.74, 6) is 0.932. The average molecular weight is 713 g/mol. The van der Waals surface area contributed by atoms with E-state index in [2.05, 4.69) is 11.4 Å². The maximum absolute atomic E-state index is 13.9. The SMILES string of the molecule is COc1cc2c(cc1OC/C(=C/C(=O)C(C)C)COc1cc3c(cc1OC)C(=O)N1c4ccccc4C[C@H]1CN3)N=C[C@@H]1Cc3ccccc3N1C2=O. The molecule has 4 aliphatic heterocycles. The number of aliphatic imine (C=N–C) groups is 1. The van der Waals surface area contributed by atoms with Gasteiger partial charge in [0.2, 0.25) is 0 Å². The second-order valence-corrected chi connectivity index (χ2v) is 13.9. The Morgan fingerprint density at radius 1 is 0.811 bits per heavy atom. The number of hydrogen-bond acceptors (Lipinski definition) is 9. The number of amides is 2. The van der Waals surface area contributed by atoms with Gasteiger partial charge in [0, 0.05) is 54.2 Å². The van der Waals surface area contributed by atoms with Gasteiger partial charge in [-0.1, -0.05) is 50.2 Å². The molecule has 4 heterocycles. The number of para-hydroxylation sites is 2. The molecule has 0 aromatic heterocycles. The first-order chi connectivity index (χ1) is 25.7. The van der Waals surface area contributed by atoms with Gasteiger partial charge in [0.15, 0.2) is 28.8 Å². The summed E-state index contributed by atoms with van der Waals surface area (Å²) in [6, 6.07) is 22.5. The van der Waals surface area contributed by atoms with E-state index in [0.29, 0.717) is 64.0 Å². The van der Waals surface area contributed by atoms with Crippen molar-refractivity contribution in [1.82, 2.24) is 0 Å². The molecule has 0 saturated carbocycles. The minimum atomic E-state index is -0.246. The third kappa shape index (κ3) is 6.15. The number of hydrogen-bond donors (Lipinski definition) is 1. The van der Waals surface area contributed by atoms with Crippen LogP contribution < -0.4 is 34.1 Å². The quantitative estimate of drug-likeness (QED) is 0.183. The molecule has 4 aromatic rings. The largest absolute Gasteiger partial charge is 0.493 e. The second kappa shape index (κ2) is 13.8. The summed E-state index contributed by atoms with van der Waals surface area (Å²) in [5.41, 5.74) is 6.64. The number of nitrogens with one attached hydrogen (secondary N) is 1. The first kappa shape index (κ1) is 34.0. The van der Waals surface area contributed by atoms with Crippen LogP contribution in [0, 0.1) is 5.92 Å². The highest BCUT2D eigenvalue weighted by molar-refractivity contribution is 6.15. The van der Waals surface area contributed by atoms with Gasteiger partial charge in [-0.25, -0.2) is 0 Å². The van der Waals surface area contributed by atoms with Gasteiger partial charge in [0.05, 0.1) is 48.8 Å². The van der Waals surface area contributed by atoms with Crippen LogP contribution in [0.5, 0.6) is 23.0 Å². The standard InChI is InChI=1S/C42H40N4O7/c1-24(2)36(47)13-25(22-52-39-18-32-30(16-37(39)50-3)41(48)45-28(20-43-32)14-26-9-5-7-11-34(26)45)23-53-40-19-33-31(17-38(40)51-4)42(49)46-29(21-44-33)15-27-10-6-8-12-35(27)46/h5-13,16-20,24,28-29,44H,14-15,21-23H2,1-4H3/b25-13-/t28-,29-/m0/s1. The predicted octanol–water partition coefficient (Wildman–Crippen LogP) is 6.60. The third-order valence-electron chi connectivity index (χ3n) is 10.2. The van der Waals surface area contributed by atoms with Crippen molar-refractivity contribution in [2.24, 2.45) is 10.9 Å². The molecule has 11 heteroatoms. The van der Waals surface area contributed by atoms with Crippen molar-refractivity contribution in [2.45, 2.75) is 38.8 Å². The van der Waals surface area contributed by atoms with Crippen LogP contribution in [0.15, 0.2) is 89.4 Å². The van der Waals surface area contributed by atoms with Crippen LogP contribution in [0.4, 0.5) is 22.7 Å². The molecule has 53 heavy (non-hydrogen) atoms. The molecule has 4 aliphatic rings. The van der Waals surface area contributed by atoms with Gasteiger partial charge in [-0.05, 0) is 47.9 Å². The van der Waals surface area contributed by atoms with Gasteiger partial charge in [-0.3, -0.25) is 24.3 Å². The zero-order valence-electron chi connectivity index (χ0n) is 30.0. The third-order valence-corrected chi connectivity index (χ3v) is 10.2. The normalized spacial score (nSPS) is 18.2. The number of ketones is 1. The van der Waals surface area contributed by atoms with E-state index >= 15 is 0 Å². The summed E-state index contributed by atoms with van der Waals surface area (Å²) in [6.07, 6.45) is 4.80. The van der Waals surface area contributed by atoms with Crippen LogP contribution in [-0.2, 0) is 17.6 Å². The lowest BCUT2D eigenvalue weighted by Crippen LogP contribution is -2.39. The van der Waals surface area contributed by atoms with Gasteiger partial charge < -0.3 is 29.2 Å². The fraction of sp³-hybridized carbons (Fsp3) is 0.286. The summed E-state index contributed by atoms with van der Waals surface area (Å²) < 4.78 is 24.0. The van der Waals surface area contributed by atoms with E-state index in [0.717, 1.165) is 28.9 Å². The van der Waals surface area contributed by atoms with Gasteiger partial charge >= 0.3 is 0 Å². The average Bonchev–Trinajstić information content (AvgIpc) is 3.66. The van der Waals surface area contributed by atoms with Crippen LogP contribution in [0.25, 0.3) is 0 Å². The minimum absolute atomic E-state index is 0.00359. The molecule has 1 N–H and O–H groups in total. The van der Waals surface area contributed by atoms with Gasteiger partial charge in [-0.15, -0.1) is 0 Å². The number of fused-ring (bicyclic) bond motifs is 8. The zero-order chi connectivity index (χ0) is 36.8. The summed E-state index contributed by atoms with van der Waals surface area (Å²) in [6.45, 7) is 4.23. The number of ether oxygens (including phenoxy) is 4. The number of allylic oxidation sites excluding steroid dienone is 1. The first-order valence-electron chi connectivity index (χ1n) is 17.8. The molecule has 4 aromatic carbocycles. The lowest BCUT2D eigenvalue weighted by molar-refractivity contribution is -0.117. The molecule has 0 fully saturated rings. The number of anilines is 3. The van der Waals surface area contributed by atoms with Crippen LogP contribution in [-0.4, -0.2) is 69.9 Å². The molecule has 2 amide bonds. The fourth-order valence-electron chi connectivity index (χ4n) is 7.43. The molecular formula is C42H40N4O7. The summed E-state index contributed by atoms with van der Waals surface area (Å²) in [5, 5.41) is 3.45. The molecule has 0 aliphatic carbocycles. The van der Waals surface area contributed by atoms with E-state index in [1.165, 1.54) is 20.3 Å². The summed E-state index contributed by atoms with van der Waals surface area (Å²) >= 11 is 0. The zero-order valence-corrected chi connectivity index (χ0v) is 30.0. The van der Waals surface area contributed by atoms with Crippen LogP contribution in [0.2, 0.25) is 0 Å². The second-order valence-electron chi connectivity index (χ2n) is 13.9. The Bertz CT molecular complexity index is 2210. The fourth-order valence-corrected chi connectivity index (χ4v) is 7.43. The lowest BCUT2D eigenvalue weighted by Gasteiger charge is -2.23. The topological polar surface area (TPSA) is 119 Å². The molecule has 0 saturated heterocycles. The molecule has 2 atom stereocenters. The van der Waals surface area contributed by atoms with Crippen molar-refractivity contribution in [3.05, 3.63) is 107 Å². The van der Waals surface area contributed by atoms with Crippen LogP contribution >= 0.6 is 0 Å². The molecule has 270 valence electrons. The van der Waals surface area contributed by atoms with Gasteiger partial charge in [-0.2, -0.15) is 0 Å². The van der Waals surface area contributed by atoms with E-state index in [1.807, 2.05) is 61.2 Å². The van der Waals surface area contributed by atoms with E-state index in [-0.39, 0.29) is 48.8 Å². The van der Waals surface area contributed by atoms with E-state index < -0.39 is 0 Å². The highest BCUT2D eigenvalue weighted by Gasteiger charge is 2.38. The van der Waals surface area contributed by atoms with E-state index in [4.69, 9.17) is 23.9 Å². The van der Waals surface area contributed by atoms with Gasteiger partial charge in [0.1, 0.15) is 13.2 Å². The molecule has 0 radical (unpaired) electrons. The van der Waals surface area contributed by atoms with Crippen molar-refractivity contribution in [2.75, 3.05) is 49.1 Å². The number of methoxy groups -OCH3 is 2. The highest BCUT2D eigenvalue weighted by Crippen LogP contribution is 2.42. The van der Waals surface area contributed by atoms with Crippen molar-refractivity contribution in [3.8, 4) is 23.0 Å². The van der Waals surface area contributed by atoms with Crippen LogP contribution in [0.1, 0.15) is 45.7 Å². The molecule has 8 rings (SSSR count). The number of carbonyl (C=O) groups excluding carboxylic acids is 3. The minimum Gasteiger partial charge on any atom is -0.493 e. The van der Waals surface area contributed by atoms with Crippen molar-refractivity contribution in [3.63, 3.8) is 0 Å². The summed E-state index contributed by atoms with van der Waals surface area (Å²) in [4.78, 5) is 49.1. The molecule has 0 spiro atoms. The molecular weight excluding hydrogens is 672 g/mol. The molecule has 11 nitrogen and oxygen atoms in total. The van der Waals surface area contributed by atoms with Crippen LogP contribution in [0.3, 0.4) is 0 Å². The Morgan fingerprint density at radius 2 is 1.42 bits per heavy atom. The number of benzene rings is 4. The Morgan fingerprint density at radius 3 is 2.09 bits per heavy atom.